The molecule has 0 bridgehead atoms. The molecule has 0 spiro atoms. The van der Waals surface area contributed by atoms with Gasteiger partial charge in [0.2, 0.25) is 0 Å². The molecule has 18 heavy (non-hydrogen) atoms. The number of rotatable bonds is 5. The summed E-state index contributed by atoms with van der Waals surface area (Å²) in [5.41, 5.74) is -0.154. The minimum atomic E-state index is -4.69. The van der Waals surface area contributed by atoms with Crippen molar-refractivity contribution in [3.63, 3.8) is 0 Å². The van der Waals surface area contributed by atoms with E-state index in [9.17, 15) is 22.0 Å². The fourth-order valence-corrected chi connectivity index (χ4v) is 1.38. The first-order valence-corrected chi connectivity index (χ1v) is 5.10. The maximum Gasteiger partial charge on any atom is 0.407 e. The molecule has 1 aromatic carbocycles. The van der Waals surface area contributed by atoms with Crippen molar-refractivity contribution in [3.05, 3.63) is 35.9 Å². The zero-order valence-corrected chi connectivity index (χ0v) is 9.22. The fraction of sp³-hybridized carbons (Fsp3) is 0.455. The van der Waals surface area contributed by atoms with Gasteiger partial charge in [-0.05, 0) is 5.56 Å². The molecule has 0 aliphatic carbocycles. The largest absolute Gasteiger partial charge is 0.407 e. The first kappa shape index (κ1) is 14.8. The number of aliphatic hydroxyl groups is 1. The third kappa shape index (κ3) is 4.23. The maximum atomic E-state index is 12.7. The topological polar surface area (TPSA) is 32.3 Å². The second kappa shape index (κ2) is 5.62. The zero-order chi connectivity index (χ0) is 13.8. The highest BCUT2D eigenvalue weighted by atomic mass is 19.4. The molecule has 2 nitrogen and oxygen atoms in total. The molecule has 0 aliphatic rings. The van der Waals surface area contributed by atoms with Crippen LogP contribution in [0.5, 0.6) is 0 Å². The average Bonchev–Trinajstić information content (AvgIpc) is 2.29. The highest BCUT2D eigenvalue weighted by Gasteiger charge is 2.42. The Morgan fingerprint density at radius 1 is 1.06 bits per heavy atom. The molecular weight excluding hydrogens is 257 g/mol. The Balaban J connectivity index is 2.82. The van der Waals surface area contributed by atoms with Crippen LogP contribution in [0.2, 0.25) is 0 Å². The van der Waals surface area contributed by atoms with Gasteiger partial charge in [-0.25, -0.2) is 8.78 Å². The molecule has 0 aromatic heterocycles. The molecule has 0 saturated heterocycles. The summed E-state index contributed by atoms with van der Waals surface area (Å²) in [5, 5.41) is 10.0. The Labute approximate surface area is 100 Å². The lowest BCUT2D eigenvalue weighted by molar-refractivity contribution is -0.162. The Bertz CT molecular complexity index is 365. The van der Waals surface area contributed by atoms with E-state index in [0.29, 0.717) is 0 Å². The number of alkyl halides is 5. The predicted octanol–water partition coefficient (Wildman–Crippen LogP) is 2.51. The average molecular weight is 269 g/mol. The smallest absolute Gasteiger partial charge is 0.390 e. The first-order valence-electron chi connectivity index (χ1n) is 5.10. The van der Waals surface area contributed by atoms with E-state index in [-0.39, 0.29) is 5.56 Å². The Kier molecular flexibility index (Phi) is 4.64. The minimum absolute atomic E-state index is 0.154. The molecule has 0 aliphatic heterocycles. The van der Waals surface area contributed by atoms with Crippen LogP contribution in [0, 0.1) is 0 Å². The van der Waals surface area contributed by atoms with Crippen LogP contribution in [-0.4, -0.2) is 30.4 Å². The summed E-state index contributed by atoms with van der Waals surface area (Å²) < 4.78 is 63.6. The third-order valence-corrected chi connectivity index (χ3v) is 2.26. The van der Waals surface area contributed by atoms with Crippen LogP contribution in [-0.2, 0) is 0 Å². The Morgan fingerprint density at radius 3 is 2.06 bits per heavy atom. The van der Waals surface area contributed by atoms with E-state index < -0.39 is 31.3 Å². The van der Waals surface area contributed by atoms with Crippen molar-refractivity contribution in [3.8, 4) is 0 Å². The summed E-state index contributed by atoms with van der Waals surface area (Å²) in [4.78, 5) is 0. The lowest BCUT2D eigenvalue weighted by Gasteiger charge is -2.24. The van der Waals surface area contributed by atoms with Gasteiger partial charge >= 0.3 is 6.18 Å². The molecule has 7 heteroatoms. The maximum absolute atomic E-state index is 12.7. The van der Waals surface area contributed by atoms with E-state index in [1.165, 1.54) is 30.3 Å². The van der Waals surface area contributed by atoms with Gasteiger partial charge in [-0.2, -0.15) is 13.2 Å². The van der Waals surface area contributed by atoms with E-state index >= 15 is 0 Å². The van der Waals surface area contributed by atoms with Gasteiger partial charge in [0, 0.05) is 0 Å². The summed E-state index contributed by atoms with van der Waals surface area (Å²) in [6, 6.07) is 4.51. The summed E-state index contributed by atoms with van der Waals surface area (Å²) in [7, 11) is 0. The molecule has 1 aromatic rings. The Morgan fingerprint density at radius 2 is 1.61 bits per heavy atom. The summed E-state index contributed by atoms with van der Waals surface area (Å²) >= 11 is 0. The van der Waals surface area contributed by atoms with Crippen molar-refractivity contribution in [1.82, 2.24) is 5.32 Å². The van der Waals surface area contributed by atoms with Crippen molar-refractivity contribution < 1.29 is 27.1 Å². The van der Waals surface area contributed by atoms with Crippen molar-refractivity contribution in [2.75, 3.05) is 13.2 Å². The molecule has 0 heterocycles. The lowest BCUT2D eigenvalue weighted by Crippen LogP contribution is -2.42. The number of nitrogens with one attached hydrogen (secondary N) is 1. The van der Waals surface area contributed by atoms with Crippen LogP contribution < -0.4 is 5.32 Å². The van der Waals surface area contributed by atoms with Crippen molar-refractivity contribution in [1.29, 1.82) is 0 Å². The summed E-state index contributed by atoms with van der Waals surface area (Å²) in [6.07, 6.45) is -4.69. The van der Waals surface area contributed by atoms with E-state index in [4.69, 9.17) is 5.11 Å². The monoisotopic (exact) mass is 269 g/mol. The molecule has 0 radical (unpaired) electrons. The second-order valence-corrected chi connectivity index (χ2v) is 3.78. The van der Waals surface area contributed by atoms with Crippen LogP contribution in [0.25, 0.3) is 0 Å². The van der Waals surface area contributed by atoms with Crippen molar-refractivity contribution >= 4 is 0 Å². The van der Waals surface area contributed by atoms with E-state index in [1.54, 1.807) is 5.32 Å². The number of benzene rings is 1. The predicted molar refractivity (Wildman–Crippen MR) is 55.3 cm³/mol. The molecule has 1 rings (SSSR count). The molecule has 2 N–H and O–H groups in total. The zero-order valence-electron chi connectivity index (χ0n) is 9.22. The van der Waals surface area contributed by atoms with Crippen molar-refractivity contribution in [2.45, 2.75) is 18.1 Å². The summed E-state index contributed by atoms with van der Waals surface area (Å²) in [6.45, 7) is -2.75. The van der Waals surface area contributed by atoms with Crippen molar-refractivity contribution in [2.24, 2.45) is 0 Å². The standard InChI is InChI=1S/C11H12F5NO/c12-10(13,7-18)6-17-9(11(14,15)16)8-4-2-1-3-5-8/h1-5,9,17-18H,6-7H2. The lowest BCUT2D eigenvalue weighted by atomic mass is 10.1. The van der Waals surface area contributed by atoms with Crippen LogP contribution in [0.15, 0.2) is 30.3 Å². The van der Waals surface area contributed by atoms with Gasteiger partial charge in [0.25, 0.3) is 5.92 Å². The summed E-state index contributed by atoms with van der Waals surface area (Å²) in [5.74, 6) is -3.59. The van der Waals surface area contributed by atoms with Crippen LogP contribution >= 0.6 is 0 Å². The van der Waals surface area contributed by atoms with Crippen LogP contribution in [0.1, 0.15) is 11.6 Å². The molecule has 1 atom stereocenters. The molecule has 1 unspecified atom stereocenters. The van der Waals surface area contributed by atoms with Gasteiger partial charge in [-0.3, -0.25) is 5.32 Å². The number of hydrogen-bond donors (Lipinski definition) is 2. The van der Waals surface area contributed by atoms with E-state index in [1.807, 2.05) is 0 Å². The van der Waals surface area contributed by atoms with Crippen LogP contribution in [0.3, 0.4) is 0 Å². The number of halogens is 5. The fourth-order valence-electron chi connectivity index (χ4n) is 1.38. The normalized spacial score (nSPS) is 14.6. The van der Waals surface area contributed by atoms with Gasteiger partial charge < -0.3 is 5.11 Å². The molecule has 0 saturated carbocycles. The SMILES string of the molecule is OCC(F)(F)CNC(c1ccccc1)C(F)(F)F. The molecule has 0 amide bonds. The third-order valence-electron chi connectivity index (χ3n) is 2.26. The quantitative estimate of drug-likeness (QED) is 0.805. The number of aliphatic hydroxyl groups excluding tert-OH is 1. The van der Waals surface area contributed by atoms with E-state index in [2.05, 4.69) is 0 Å². The molecule has 0 fully saturated rings. The number of hydrogen-bond acceptors (Lipinski definition) is 2. The van der Waals surface area contributed by atoms with Crippen LogP contribution in [0.4, 0.5) is 22.0 Å². The highest BCUT2D eigenvalue weighted by molar-refractivity contribution is 5.20. The van der Waals surface area contributed by atoms with Gasteiger partial charge in [-0.15, -0.1) is 0 Å². The highest BCUT2D eigenvalue weighted by Crippen LogP contribution is 2.32. The molecule has 102 valence electrons. The van der Waals surface area contributed by atoms with E-state index in [0.717, 1.165) is 0 Å². The first-order chi connectivity index (χ1) is 8.26. The minimum Gasteiger partial charge on any atom is -0.390 e. The van der Waals surface area contributed by atoms with Gasteiger partial charge in [0.1, 0.15) is 12.6 Å². The second-order valence-electron chi connectivity index (χ2n) is 3.78. The molecular formula is C11H12F5NO. The van der Waals surface area contributed by atoms with Gasteiger partial charge in [-0.1, -0.05) is 30.3 Å². The Hall–Kier alpha value is -1.21. The van der Waals surface area contributed by atoms with Gasteiger partial charge in [0.15, 0.2) is 0 Å². The van der Waals surface area contributed by atoms with Gasteiger partial charge in [0.05, 0.1) is 6.54 Å².